The van der Waals surface area contributed by atoms with Gasteiger partial charge in [0.15, 0.2) is 0 Å². The number of hydrogen-bond acceptors (Lipinski definition) is 10. The van der Waals surface area contributed by atoms with Crippen molar-refractivity contribution >= 4 is 32.2 Å². The SMILES string of the molecule is Nc1nc2c(c(=O)[nH]1)[n+](Cc1ccc(-c3ccccc3)cc1)cn2C1OC(COP(=O)(O)CP(=O)(O)n2ccnc2)[C@H](O)[C@@H]1O. The van der Waals surface area contributed by atoms with E-state index in [0.29, 0.717) is 0 Å². The van der Waals surface area contributed by atoms with E-state index in [1.54, 1.807) is 4.57 Å². The number of H-pyrrole nitrogens is 1. The molecule has 236 valence electrons. The Bertz CT molecular complexity index is 1970. The van der Waals surface area contributed by atoms with Gasteiger partial charge in [-0.15, -0.1) is 0 Å². The maximum Gasteiger partial charge on any atom is 0.339 e. The summed E-state index contributed by atoms with van der Waals surface area (Å²) in [6.45, 7) is -0.466. The van der Waals surface area contributed by atoms with Gasteiger partial charge in [0.25, 0.3) is 11.2 Å². The Morgan fingerprint density at radius 3 is 2.44 bits per heavy atom. The molecule has 18 heteroatoms. The molecule has 2 aromatic carbocycles. The number of benzene rings is 2. The smallest absolute Gasteiger partial charge is 0.339 e. The van der Waals surface area contributed by atoms with Crippen LogP contribution in [0.15, 0.2) is 84.4 Å². The number of aliphatic hydroxyl groups is 2. The molecule has 4 heterocycles. The van der Waals surface area contributed by atoms with Crippen molar-refractivity contribution < 1.29 is 43.0 Å². The monoisotopic (exact) mass is 658 g/mol. The highest BCUT2D eigenvalue weighted by molar-refractivity contribution is 7.72. The molecule has 0 saturated carbocycles. The predicted octanol–water partition coefficient (Wildman–Crippen LogP) is 1.02. The largest absolute Gasteiger partial charge is 0.387 e. The van der Waals surface area contributed by atoms with Crippen molar-refractivity contribution in [3.8, 4) is 11.1 Å². The number of anilines is 1. The van der Waals surface area contributed by atoms with E-state index >= 15 is 0 Å². The van der Waals surface area contributed by atoms with Crippen LogP contribution < -0.4 is 15.9 Å². The van der Waals surface area contributed by atoms with Gasteiger partial charge in [-0.25, -0.2) is 9.55 Å². The van der Waals surface area contributed by atoms with Crippen molar-refractivity contribution in [2.75, 3.05) is 18.2 Å². The Labute approximate surface area is 255 Å². The van der Waals surface area contributed by atoms with E-state index in [-0.39, 0.29) is 23.7 Å². The van der Waals surface area contributed by atoms with E-state index in [2.05, 4.69) is 15.0 Å². The van der Waals surface area contributed by atoms with Crippen molar-refractivity contribution in [1.82, 2.24) is 23.9 Å². The number of nitrogens with one attached hydrogen (secondary N) is 1. The lowest BCUT2D eigenvalue weighted by Crippen LogP contribution is -2.37. The number of hydrogen-bond donors (Lipinski definition) is 6. The number of imidazole rings is 2. The van der Waals surface area contributed by atoms with Crippen LogP contribution >= 0.6 is 15.1 Å². The van der Waals surface area contributed by atoms with Crippen LogP contribution in [0.1, 0.15) is 11.8 Å². The van der Waals surface area contributed by atoms with Crippen molar-refractivity contribution in [1.29, 1.82) is 0 Å². The lowest BCUT2D eigenvalue weighted by molar-refractivity contribution is -0.664. The zero-order valence-corrected chi connectivity index (χ0v) is 25.3. The van der Waals surface area contributed by atoms with Crippen molar-refractivity contribution in [3.05, 3.63) is 95.6 Å². The van der Waals surface area contributed by atoms with Crippen LogP contribution in [0.25, 0.3) is 22.3 Å². The molecule has 0 aliphatic carbocycles. The number of nitrogens with zero attached hydrogens (tertiary/aromatic N) is 5. The number of rotatable bonds is 10. The molecule has 6 rings (SSSR count). The van der Waals surface area contributed by atoms with E-state index < -0.39 is 57.7 Å². The lowest BCUT2D eigenvalue weighted by atomic mass is 10.0. The molecule has 7 N–H and O–H groups in total. The third kappa shape index (κ3) is 6.41. The second-order valence-electron chi connectivity index (χ2n) is 10.6. The summed E-state index contributed by atoms with van der Waals surface area (Å²) in [5.74, 6) is -1.31. The third-order valence-electron chi connectivity index (χ3n) is 7.37. The minimum absolute atomic E-state index is 0.0596. The molecule has 0 amide bonds. The van der Waals surface area contributed by atoms with Crippen molar-refractivity contribution in [2.24, 2.45) is 0 Å². The Morgan fingerprint density at radius 1 is 1.04 bits per heavy atom. The first kappa shape index (κ1) is 31.0. The van der Waals surface area contributed by atoms with Gasteiger partial charge in [0.1, 0.15) is 37.1 Å². The molecule has 1 aliphatic heterocycles. The Hall–Kier alpha value is -3.98. The molecule has 5 aromatic rings. The molecule has 16 nitrogen and oxygen atoms in total. The van der Waals surface area contributed by atoms with Crippen molar-refractivity contribution in [2.45, 2.75) is 31.1 Å². The predicted molar refractivity (Wildman–Crippen MR) is 160 cm³/mol. The van der Waals surface area contributed by atoms with Gasteiger partial charge in [0, 0.05) is 12.4 Å². The average Bonchev–Trinajstić information content (AvgIpc) is 3.73. The zero-order chi connectivity index (χ0) is 31.9. The summed E-state index contributed by atoms with van der Waals surface area (Å²) >= 11 is 0. The number of aliphatic hydroxyl groups excluding tert-OH is 2. The van der Waals surface area contributed by atoms with E-state index in [0.717, 1.165) is 27.4 Å². The van der Waals surface area contributed by atoms with Crippen LogP contribution in [-0.2, 0) is 24.9 Å². The summed E-state index contributed by atoms with van der Waals surface area (Å²) in [5.41, 5.74) is 8.38. The molecule has 3 aromatic heterocycles. The minimum atomic E-state index is -4.68. The molecule has 0 spiro atoms. The van der Waals surface area contributed by atoms with Gasteiger partial charge < -0.3 is 35.0 Å². The standard InChI is InChI=1S/C27H29N7O9P2/c28-27-30-24-21(25(37)31-27)32(12-17-6-8-19(9-7-17)18-4-2-1-3-5-18)15-34(24)26-23(36)22(35)20(43-26)13-42-45(40,41)16-44(38,39)33-11-10-29-14-33/h1-11,14-15,20,22-23,26,35-36H,12-13,16H2,(H4-,28,30,31,37,38,39,40,41)/p+1/t20?,22-,23-,26?/m0/s1. The van der Waals surface area contributed by atoms with Crippen molar-refractivity contribution in [3.63, 3.8) is 0 Å². The summed E-state index contributed by atoms with van der Waals surface area (Å²) in [4.78, 5) is 43.8. The first-order valence-corrected chi connectivity index (χ1v) is 17.2. The summed E-state index contributed by atoms with van der Waals surface area (Å²) in [6, 6.07) is 17.6. The van der Waals surface area contributed by atoms with Crippen LogP contribution in [0.3, 0.4) is 0 Å². The van der Waals surface area contributed by atoms with Gasteiger partial charge in [-0.2, -0.15) is 9.55 Å². The number of fused-ring (bicyclic) bond motifs is 1. The fourth-order valence-electron chi connectivity index (χ4n) is 5.18. The Kier molecular flexibility index (Phi) is 8.33. The molecule has 4 unspecified atom stereocenters. The topological polar surface area (TPSA) is 232 Å². The Morgan fingerprint density at radius 2 is 1.76 bits per heavy atom. The highest BCUT2D eigenvalue weighted by atomic mass is 31.2. The second kappa shape index (κ2) is 12.1. The normalized spacial score (nSPS) is 22.8. The van der Waals surface area contributed by atoms with Crippen LogP contribution in [0.4, 0.5) is 5.95 Å². The van der Waals surface area contributed by atoms with E-state index in [1.165, 1.54) is 23.3 Å². The highest BCUT2D eigenvalue weighted by Gasteiger charge is 2.49. The highest BCUT2D eigenvalue weighted by Crippen LogP contribution is 2.58. The fraction of sp³-hybridized carbons (Fsp3) is 0.259. The fourth-order valence-corrected chi connectivity index (χ4v) is 8.82. The van der Waals surface area contributed by atoms with E-state index in [4.69, 9.17) is 15.0 Å². The summed E-state index contributed by atoms with van der Waals surface area (Å²) < 4.78 is 39.8. The van der Waals surface area contributed by atoms with Crippen LogP contribution in [0.5, 0.6) is 0 Å². The average molecular weight is 659 g/mol. The van der Waals surface area contributed by atoms with Crippen LogP contribution in [0.2, 0.25) is 0 Å². The van der Waals surface area contributed by atoms with E-state index in [1.807, 2.05) is 54.6 Å². The molecular weight excluding hydrogens is 628 g/mol. The molecule has 1 fully saturated rings. The molecule has 1 saturated heterocycles. The Balaban J connectivity index is 1.23. The van der Waals surface area contributed by atoms with Gasteiger partial charge in [-0.3, -0.25) is 23.2 Å². The van der Waals surface area contributed by atoms with E-state index in [9.17, 15) is 33.9 Å². The van der Waals surface area contributed by atoms with Gasteiger partial charge in [0.05, 0.1) is 6.61 Å². The second-order valence-corrected chi connectivity index (χ2v) is 15.0. The molecule has 1 aliphatic rings. The molecule has 0 bridgehead atoms. The lowest BCUT2D eigenvalue weighted by Gasteiger charge is -2.19. The summed E-state index contributed by atoms with van der Waals surface area (Å²) in [6.07, 6.45) is -0.875. The van der Waals surface area contributed by atoms with Crippen LogP contribution in [0, 0.1) is 0 Å². The first-order valence-electron chi connectivity index (χ1n) is 13.6. The quantitative estimate of drug-likeness (QED) is 0.0912. The summed E-state index contributed by atoms with van der Waals surface area (Å²) in [7, 11) is -9.02. The maximum absolute atomic E-state index is 13.0. The molecule has 45 heavy (non-hydrogen) atoms. The molecular formula is C27H30N7O9P2+. The third-order valence-corrected chi connectivity index (χ3v) is 11.8. The zero-order valence-electron chi connectivity index (χ0n) is 23.5. The number of ether oxygens (including phenoxy) is 1. The maximum atomic E-state index is 13.0. The van der Waals surface area contributed by atoms with Gasteiger partial charge in [0.2, 0.25) is 18.5 Å². The van der Waals surface area contributed by atoms with Gasteiger partial charge in [-0.1, -0.05) is 54.6 Å². The number of aromatic amines is 1. The molecule has 0 radical (unpaired) electrons. The summed E-state index contributed by atoms with van der Waals surface area (Å²) in [5, 5.41) is 21.7. The van der Waals surface area contributed by atoms with Gasteiger partial charge >= 0.3 is 20.7 Å². The van der Waals surface area contributed by atoms with Gasteiger partial charge in [-0.05, 0) is 16.7 Å². The minimum Gasteiger partial charge on any atom is -0.387 e. The number of aromatic nitrogens is 6. The molecule has 6 atom stereocenters. The number of nitrogens with two attached hydrogens (primary N) is 1. The number of nitrogen functional groups attached to an aromatic ring is 1. The first-order chi connectivity index (χ1) is 21.4. The van der Waals surface area contributed by atoms with Crippen LogP contribution in [-0.4, -0.2) is 74.7 Å².